The molecule has 0 heterocycles. The van der Waals surface area contributed by atoms with Gasteiger partial charge >= 0.3 is 0 Å². The van der Waals surface area contributed by atoms with Gasteiger partial charge in [-0.1, -0.05) is 17.7 Å². The van der Waals surface area contributed by atoms with E-state index < -0.39 is 0 Å². The topological polar surface area (TPSA) is 17.1 Å². The van der Waals surface area contributed by atoms with Crippen molar-refractivity contribution < 1.29 is 4.79 Å². The smallest absolute Gasteiger partial charge is 0.129 e. The van der Waals surface area contributed by atoms with Crippen LogP contribution in [-0.4, -0.2) is 6.29 Å². The fourth-order valence-corrected chi connectivity index (χ4v) is 1.17. The van der Waals surface area contributed by atoms with Crippen molar-refractivity contribution in [1.82, 2.24) is 0 Å². The van der Waals surface area contributed by atoms with E-state index in [0.717, 1.165) is 18.3 Å². The first kappa shape index (κ1) is 10.2. The molecule has 0 spiro atoms. The van der Waals surface area contributed by atoms with E-state index in [1.807, 2.05) is 32.9 Å². The van der Waals surface area contributed by atoms with Crippen molar-refractivity contribution in [2.75, 3.05) is 0 Å². The van der Waals surface area contributed by atoms with Gasteiger partial charge in [0, 0.05) is 5.41 Å². The van der Waals surface area contributed by atoms with Crippen molar-refractivity contribution in [2.24, 2.45) is 5.41 Å². The monoisotopic (exact) mass is 152 g/mol. The number of rotatable bonds is 4. The molecular weight excluding hydrogens is 136 g/mol. The molecule has 0 saturated carbocycles. The van der Waals surface area contributed by atoms with Crippen LogP contribution in [0.25, 0.3) is 0 Å². The minimum absolute atomic E-state index is 0.347. The van der Waals surface area contributed by atoms with Gasteiger partial charge in [-0.3, -0.25) is 0 Å². The summed E-state index contributed by atoms with van der Waals surface area (Å²) in [6.07, 6.45) is 5.52. The van der Waals surface area contributed by atoms with Gasteiger partial charge in [0.05, 0.1) is 0 Å². The van der Waals surface area contributed by atoms with Gasteiger partial charge in [0.15, 0.2) is 0 Å². The zero-order valence-corrected chi connectivity index (χ0v) is 7.55. The Balaban J connectivity index is 4.33. The average molecular weight is 152 g/mol. The molecule has 62 valence electrons. The maximum absolute atomic E-state index is 10.7. The molecule has 0 radical (unpaired) electrons. The Morgan fingerprint density at radius 2 is 2.18 bits per heavy atom. The van der Waals surface area contributed by atoms with Crippen LogP contribution in [0.4, 0.5) is 0 Å². The number of carbonyl (C=O) groups is 1. The number of aldehydes is 1. The minimum atomic E-state index is -0.347. The first-order chi connectivity index (χ1) is 5.04. The predicted molar refractivity (Wildman–Crippen MR) is 48.4 cm³/mol. The first-order valence-electron chi connectivity index (χ1n) is 3.78. The van der Waals surface area contributed by atoms with Gasteiger partial charge < -0.3 is 4.79 Å². The number of hydrogen-bond donors (Lipinski definition) is 0. The number of hydrogen-bond acceptors (Lipinski definition) is 1. The Labute approximate surface area is 68.8 Å². The summed E-state index contributed by atoms with van der Waals surface area (Å²) in [5.41, 5.74) is 0.693. The molecule has 0 aromatic carbocycles. The van der Waals surface area contributed by atoms with E-state index in [4.69, 9.17) is 0 Å². The van der Waals surface area contributed by atoms with Gasteiger partial charge in [-0.15, -0.1) is 6.58 Å². The number of carbonyl (C=O) groups excluding carboxylic acids is 1. The summed E-state index contributed by atoms with van der Waals surface area (Å²) >= 11 is 0. The maximum Gasteiger partial charge on any atom is 0.129 e. The highest BCUT2D eigenvalue weighted by Gasteiger charge is 2.18. The quantitative estimate of drug-likeness (QED) is 0.447. The zero-order valence-electron chi connectivity index (χ0n) is 7.55. The van der Waals surface area contributed by atoms with Crippen molar-refractivity contribution in [3.63, 3.8) is 0 Å². The van der Waals surface area contributed by atoms with Crippen LogP contribution in [0.3, 0.4) is 0 Å². The van der Waals surface area contributed by atoms with Crippen molar-refractivity contribution in [2.45, 2.75) is 27.2 Å². The molecule has 0 aromatic heterocycles. The first-order valence-corrected chi connectivity index (χ1v) is 3.78. The summed E-state index contributed by atoms with van der Waals surface area (Å²) in [6.45, 7) is 9.54. The standard InChI is InChI=1S/C10H16O/c1-5-6-10(4,8-11)7-9(2)3/h5-6,8H,2,7H2,1,3-4H3. The van der Waals surface area contributed by atoms with Crippen molar-refractivity contribution in [3.05, 3.63) is 24.3 Å². The lowest BCUT2D eigenvalue weighted by molar-refractivity contribution is -0.113. The molecule has 0 fully saturated rings. The Bertz CT molecular complexity index is 179. The summed E-state index contributed by atoms with van der Waals surface area (Å²) < 4.78 is 0. The van der Waals surface area contributed by atoms with Crippen LogP contribution in [0.5, 0.6) is 0 Å². The van der Waals surface area contributed by atoms with Crippen LogP contribution in [-0.2, 0) is 4.79 Å². The lowest BCUT2D eigenvalue weighted by Crippen LogP contribution is -2.14. The van der Waals surface area contributed by atoms with Crippen LogP contribution in [0, 0.1) is 5.41 Å². The van der Waals surface area contributed by atoms with E-state index in [0.29, 0.717) is 0 Å². The van der Waals surface area contributed by atoms with Gasteiger partial charge in [-0.05, 0) is 27.2 Å². The van der Waals surface area contributed by atoms with E-state index in [1.165, 1.54) is 0 Å². The molecule has 0 aromatic rings. The lowest BCUT2D eigenvalue weighted by atomic mass is 9.85. The summed E-state index contributed by atoms with van der Waals surface area (Å²) in [7, 11) is 0. The third-order valence-corrected chi connectivity index (χ3v) is 1.50. The highest BCUT2D eigenvalue weighted by atomic mass is 16.1. The molecule has 0 aliphatic carbocycles. The summed E-state index contributed by atoms with van der Waals surface area (Å²) in [5.74, 6) is 0. The third kappa shape index (κ3) is 3.76. The molecule has 0 amide bonds. The molecule has 0 aliphatic heterocycles. The molecular formula is C10H16O. The second kappa shape index (κ2) is 4.12. The Morgan fingerprint density at radius 3 is 2.45 bits per heavy atom. The molecule has 0 bridgehead atoms. The third-order valence-electron chi connectivity index (χ3n) is 1.50. The molecule has 11 heavy (non-hydrogen) atoms. The molecule has 1 heteroatoms. The molecule has 1 nitrogen and oxygen atoms in total. The van der Waals surface area contributed by atoms with E-state index in [-0.39, 0.29) is 5.41 Å². The van der Waals surface area contributed by atoms with Crippen LogP contribution >= 0.6 is 0 Å². The van der Waals surface area contributed by atoms with Gasteiger partial charge in [0.2, 0.25) is 0 Å². The second-order valence-electron chi connectivity index (χ2n) is 3.26. The van der Waals surface area contributed by atoms with Crippen molar-refractivity contribution >= 4 is 6.29 Å². The maximum atomic E-state index is 10.7. The Hall–Kier alpha value is -0.850. The average Bonchev–Trinajstić information content (AvgIpc) is 1.87. The van der Waals surface area contributed by atoms with E-state index >= 15 is 0 Å². The SMILES string of the molecule is C=C(C)CC(C)(C=O)C=CC. The van der Waals surface area contributed by atoms with Crippen LogP contribution in [0.2, 0.25) is 0 Å². The van der Waals surface area contributed by atoms with E-state index in [2.05, 4.69) is 6.58 Å². The van der Waals surface area contributed by atoms with Gasteiger partial charge in [0.25, 0.3) is 0 Å². The molecule has 1 atom stereocenters. The summed E-state index contributed by atoms with van der Waals surface area (Å²) in [6, 6.07) is 0. The zero-order chi connectivity index (χ0) is 8.91. The molecule has 1 unspecified atom stereocenters. The van der Waals surface area contributed by atoms with Gasteiger partial charge in [-0.2, -0.15) is 0 Å². The van der Waals surface area contributed by atoms with Crippen molar-refractivity contribution in [3.8, 4) is 0 Å². The fraction of sp³-hybridized carbons (Fsp3) is 0.500. The fourth-order valence-electron chi connectivity index (χ4n) is 1.17. The Kier molecular flexibility index (Phi) is 3.80. The van der Waals surface area contributed by atoms with Crippen LogP contribution in [0.1, 0.15) is 27.2 Å². The van der Waals surface area contributed by atoms with Gasteiger partial charge in [-0.25, -0.2) is 0 Å². The summed E-state index contributed by atoms with van der Waals surface area (Å²) in [5, 5.41) is 0. The molecule has 0 saturated heterocycles. The molecule has 0 N–H and O–H groups in total. The van der Waals surface area contributed by atoms with Crippen LogP contribution in [0.15, 0.2) is 24.3 Å². The largest absolute Gasteiger partial charge is 0.302 e. The minimum Gasteiger partial charge on any atom is -0.302 e. The van der Waals surface area contributed by atoms with Crippen LogP contribution < -0.4 is 0 Å². The second-order valence-corrected chi connectivity index (χ2v) is 3.26. The predicted octanol–water partition coefficient (Wildman–Crippen LogP) is 2.73. The van der Waals surface area contributed by atoms with E-state index in [9.17, 15) is 4.79 Å². The highest BCUT2D eigenvalue weighted by molar-refractivity contribution is 5.62. The summed E-state index contributed by atoms with van der Waals surface area (Å²) in [4.78, 5) is 10.7. The Morgan fingerprint density at radius 1 is 1.64 bits per heavy atom. The molecule has 0 aliphatic rings. The highest BCUT2D eigenvalue weighted by Crippen LogP contribution is 2.23. The number of allylic oxidation sites excluding steroid dienone is 3. The normalized spacial score (nSPS) is 16.3. The van der Waals surface area contributed by atoms with E-state index in [1.54, 1.807) is 0 Å². The lowest BCUT2D eigenvalue weighted by Gasteiger charge is -2.17. The van der Waals surface area contributed by atoms with Gasteiger partial charge in [0.1, 0.15) is 6.29 Å². The van der Waals surface area contributed by atoms with Crippen molar-refractivity contribution in [1.29, 1.82) is 0 Å². The molecule has 0 rings (SSSR count).